The predicted octanol–water partition coefficient (Wildman–Crippen LogP) is 2.46. The number of hydrogen-bond acceptors (Lipinski definition) is 3. The summed E-state index contributed by atoms with van der Waals surface area (Å²) in [6.45, 7) is 9.38. The zero-order chi connectivity index (χ0) is 15.0. The van der Waals surface area contributed by atoms with Crippen LogP contribution in [0.5, 0.6) is 0 Å². The van der Waals surface area contributed by atoms with E-state index in [1.54, 1.807) is 0 Å². The van der Waals surface area contributed by atoms with Crippen LogP contribution in [0, 0.1) is 5.41 Å². The molecule has 110 valence electrons. The van der Waals surface area contributed by atoms with E-state index in [0.717, 1.165) is 5.56 Å². The summed E-state index contributed by atoms with van der Waals surface area (Å²) < 4.78 is 5.35. The van der Waals surface area contributed by atoms with Crippen LogP contribution in [0.2, 0.25) is 0 Å². The minimum atomic E-state index is -0.539. The number of carbonyl (C=O) groups excluding carboxylic acids is 1. The predicted molar refractivity (Wildman–Crippen MR) is 80.8 cm³/mol. The van der Waals surface area contributed by atoms with E-state index in [4.69, 9.17) is 10.5 Å². The molecule has 0 aromatic heterocycles. The van der Waals surface area contributed by atoms with Crippen molar-refractivity contribution in [2.24, 2.45) is 11.1 Å². The molecule has 3 heteroatoms. The van der Waals surface area contributed by atoms with Gasteiger partial charge in [-0.25, -0.2) is 0 Å². The minimum absolute atomic E-state index is 0.135. The number of benzene rings is 1. The molecular weight excluding hydrogens is 250 g/mol. The lowest BCUT2D eigenvalue weighted by molar-refractivity contribution is -0.127. The first-order valence-electron chi connectivity index (χ1n) is 7.19. The summed E-state index contributed by atoms with van der Waals surface area (Å²) >= 11 is 0. The van der Waals surface area contributed by atoms with Gasteiger partial charge in [-0.2, -0.15) is 0 Å². The summed E-state index contributed by atoms with van der Waals surface area (Å²) in [6, 6.07) is 8.11. The standard InChI is InChI=1S/C17H25NO2/c1-16(2,3)13-7-5-12(6-8-13)9-15(19)17(4)11-20-10-14(17)18/h5-8,14H,9-11,18H2,1-4H3. The van der Waals surface area contributed by atoms with E-state index in [0.29, 0.717) is 19.6 Å². The quantitative estimate of drug-likeness (QED) is 0.922. The molecule has 3 nitrogen and oxygen atoms in total. The highest BCUT2D eigenvalue weighted by molar-refractivity contribution is 5.87. The third-order valence-electron chi connectivity index (χ3n) is 4.34. The Morgan fingerprint density at radius 2 is 1.95 bits per heavy atom. The summed E-state index contributed by atoms with van der Waals surface area (Å²) in [5, 5.41) is 0. The van der Waals surface area contributed by atoms with Crippen molar-refractivity contribution in [3.63, 3.8) is 0 Å². The van der Waals surface area contributed by atoms with Gasteiger partial charge in [0.05, 0.1) is 18.6 Å². The second-order valence-electron chi connectivity index (χ2n) is 7.09. The first kappa shape index (κ1) is 15.2. The van der Waals surface area contributed by atoms with Gasteiger partial charge in [0.1, 0.15) is 5.78 Å². The van der Waals surface area contributed by atoms with E-state index in [-0.39, 0.29) is 17.2 Å². The molecule has 2 N–H and O–H groups in total. The van der Waals surface area contributed by atoms with Gasteiger partial charge in [-0.1, -0.05) is 45.0 Å². The van der Waals surface area contributed by atoms with Gasteiger partial charge < -0.3 is 10.5 Å². The Morgan fingerprint density at radius 3 is 2.40 bits per heavy atom. The van der Waals surface area contributed by atoms with E-state index in [9.17, 15) is 4.79 Å². The Bertz CT molecular complexity index is 487. The molecule has 0 aliphatic carbocycles. The van der Waals surface area contributed by atoms with E-state index in [1.807, 2.05) is 19.1 Å². The molecule has 2 atom stereocenters. The Morgan fingerprint density at radius 1 is 1.35 bits per heavy atom. The molecule has 1 saturated heterocycles. The molecule has 0 radical (unpaired) electrons. The Labute approximate surface area is 121 Å². The molecule has 1 aromatic carbocycles. The fraction of sp³-hybridized carbons (Fsp3) is 0.588. The lowest BCUT2D eigenvalue weighted by Gasteiger charge is -2.25. The Balaban J connectivity index is 2.09. The summed E-state index contributed by atoms with van der Waals surface area (Å²) in [4.78, 5) is 12.5. The van der Waals surface area contributed by atoms with Gasteiger partial charge in [0.15, 0.2) is 0 Å². The SMILES string of the molecule is CC(C)(C)c1ccc(CC(=O)C2(C)COCC2N)cc1. The highest BCUT2D eigenvalue weighted by Crippen LogP contribution is 2.30. The van der Waals surface area contributed by atoms with Crippen LogP contribution in [0.3, 0.4) is 0 Å². The van der Waals surface area contributed by atoms with Gasteiger partial charge in [0.25, 0.3) is 0 Å². The number of nitrogens with two attached hydrogens (primary N) is 1. The summed E-state index contributed by atoms with van der Waals surface area (Å²) in [5.41, 5.74) is 7.92. The molecule has 2 rings (SSSR count). The van der Waals surface area contributed by atoms with Crippen LogP contribution in [-0.4, -0.2) is 25.0 Å². The summed E-state index contributed by atoms with van der Waals surface area (Å²) in [5.74, 6) is 0.172. The number of Topliss-reactive ketones (excluding diaryl/α,β-unsaturated/α-hetero) is 1. The highest BCUT2D eigenvalue weighted by Gasteiger charge is 2.43. The monoisotopic (exact) mass is 275 g/mol. The molecule has 0 spiro atoms. The molecule has 0 saturated carbocycles. The topological polar surface area (TPSA) is 52.3 Å². The zero-order valence-corrected chi connectivity index (χ0v) is 12.9. The lowest BCUT2D eigenvalue weighted by atomic mass is 9.79. The van der Waals surface area contributed by atoms with Crippen molar-refractivity contribution in [1.82, 2.24) is 0 Å². The van der Waals surface area contributed by atoms with Crippen molar-refractivity contribution in [1.29, 1.82) is 0 Å². The second-order valence-corrected chi connectivity index (χ2v) is 7.09. The van der Waals surface area contributed by atoms with Crippen LogP contribution in [-0.2, 0) is 21.4 Å². The molecule has 20 heavy (non-hydrogen) atoms. The summed E-state index contributed by atoms with van der Waals surface area (Å²) in [7, 11) is 0. The smallest absolute Gasteiger partial charge is 0.147 e. The van der Waals surface area contributed by atoms with Gasteiger partial charge in [-0.15, -0.1) is 0 Å². The maximum Gasteiger partial charge on any atom is 0.147 e. The second kappa shape index (κ2) is 5.30. The van der Waals surface area contributed by atoms with Gasteiger partial charge in [0.2, 0.25) is 0 Å². The largest absolute Gasteiger partial charge is 0.379 e. The number of rotatable bonds is 3. The average molecular weight is 275 g/mol. The van der Waals surface area contributed by atoms with Crippen LogP contribution in [0.4, 0.5) is 0 Å². The third kappa shape index (κ3) is 2.94. The fourth-order valence-electron chi connectivity index (χ4n) is 2.49. The Kier molecular flexibility index (Phi) is 4.03. The van der Waals surface area contributed by atoms with Gasteiger partial charge in [-0.3, -0.25) is 4.79 Å². The van der Waals surface area contributed by atoms with E-state index >= 15 is 0 Å². The van der Waals surface area contributed by atoms with Crippen molar-refractivity contribution in [2.45, 2.75) is 45.6 Å². The molecular formula is C17H25NO2. The first-order valence-corrected chi connectivity index (χ1v) is 7.19. The van der Waals surface area contributed by atoms with Gasteiger partial charge >= 0.3 is 0 Å². The van der Waals surface area contributed by atoms with Crippen LogP contribution in [0.15, 0.2) is 24.3 Å². The maximum absolute atomic E-state index is 12.5. The Hall–Kier alpha value is -1.19. The third-order valence-corrected chi connectivity index (χ3v) is 4.34. The van der Waals surface area contributed by atoms with Gasteiger partial charge in [0, 0.05) is 12.5 Å². The minimum Gasteiger partial charge on any atom is -0.379 e. The van der Waals surface area contributed by atoms with Crippen molar-refractivity contribution >= 4 is 5.78 Å². The van der Waals surface area contributed by atoms with E-state index < -0.39 is 5.41 Å². The molecule has 1 aliphatic heterocycles. The fourth-order valence-corrected chi connectivity index (χ4v) is 2.49. The van der Waals surface area contributed by atoms with Crippen molar-refractivity contribution in [3.8, 4) is 0 Å². The van der Waals surface area contributed by atoms with Crippen molar-refractivity contribution in [2.75, 3.05) is 13.2 Å². The normalized spacial score (nSPS) is 26.8. The molecule has 1 fully saturated rings. The van der Waals surface area contributed by atoms with Crippen LogP contribution >= 0.6 is 0 Å². The molecule has 2 unspecified atom stereocenters. The molecule has 0 bridgehead atoms. The molecule has 1 aliphatic rings. The van der Waals surface area contributed by atoms with Crippen molar-refractivity contribution < 1.29 is 9.53 Å². The maximum atomic E-state index is 12.5. The van der Waals surface area contributed by atoms with Crippen LogP contribution in [0.1, 0.15) is 38.8 Å². The van der Waals surface area contributed by atoms with E-state index in [2.05, 4.69) is 32.9 Å². The first-order chi connectivity index (χ1) is 9.23. The number of carbonyl (C=O) groups is 1. The summed E-state index contributed by atoms with van der Waals surface area (Å²) in [6.07, 6.45) is 0.429. The highest BCUT2D eigenvalue weighted by atomic mass is 16.5. The molecule has 1 aromatic rings. The average Bonchev–Trinajstić information content (AvgIpc) is 2.70. The zero-order valence-electron chi connectivity index (χ0n) is 12.9. The number of ether oxygens (including phenoxy) is 1. The lowest BCUT2D eigenvalue weighted by Crippen LogP contribution is -2.45. The number of ketones is 1. The molecule has 1 heterocycles. The van der Waals surface area contributed by atoms with Gasteiger partial charge in [-0.05, 0) is 23.5 Å². The van der Waals surface area contributed by atoms with E-state index in [1.165, 1.54) is 5.56 Å². The van der Waals surface area contributed by atoms with Crippen LogP contribution < -0.4 is 5.73 Å². The molecule has 0 amide bonds. The van der Waals surface area contributed by atoms with Crippen molar-refractivity contribution in [3.05, 3.63) is 35.4 Å². The van der Waals surface area contributed by atoms with Crippen LogP contribution in [0.25, 0.3) is 0 Å². The number of hydrogen-bond donors (Lipinski definition) is 1.